The number of rotatable bonds is 6. The third-order valence-electron chi connectivity index (χ3n) is 4.02. The van der Waals surface area contributed by atoms with E-state index in [1.807, 2.05) is 54.8 Å². The van der Waals surface area contributed by atoms with Crippen LogP contribution < -0.4 is 4.74 Å². The van der Waals surface area contributed by atoms with Crippen molar-refractivity contribution in [3.05, 3.63) is 70.0 Å². The molecule has 2 aromatic carbocycles. The Morgan fingerprint density at radius 2 is 1.85 bits per heavy atom. The number of hydrogen-bond donors (Lipinski definition) is 0. The van der Waals surface area contributed by atoms with Gasteiger partial charge in [0.05, 0.1) is 17.9 Å². The van der Waals surface area contributed by atoms with Gasteiger partial charge in [-0.25, -0.2) is 4.98 Å². The van der Waals surface area contributed by atoms with E-state index >= 15 is 0 Å². The van der Waals surface area contributed by atoms with E-state index in [4.69, 9.17) is 4.74 Å². The highest BCUT2D eigenvalue weighted by molar-refractivity contribution is 7.11. The number of nitrogens with zero attached hydrogens (tertiary/aromatic N) is 2. The molecule has 0 amide bonds. The maximum absolute atomic E-state index is 9.55. The second-order valence-electron chi connectivity index (χ2n) is 5.76. The van der Waals surface area contributed by atoms with Crippen LogP contribution in [0.2, 0.25) is 0 Å². The van der Waals surface area contributed by atoms with Crippen molar-refractivity contribution in [3.8, 4) is 23.1 Å². The van der Waals surface area contributed by atoms with Crippen LogP contribution >= 0.6 is 11.3 Å². The Labute approximate surface area is 158 Å². The maximum atomic E-state index is 9.55. The summed E-state index contributed by atoms with van der Waals surface area (Å²) in [6, 6.07) is 18.4. The summed E-state index contributed by atoms with van der Waals surface area (Å²) in [4.78, 5) is 4.64. The number of allylic oxidation sites excluding steroid dienone is 1. The standard InChI is InChI=1S/C22H20N2OS/c1-3-16-5-7-17(8-6-16)13-19(14-23)22-24-21(15-26-22)18-9-11-20(12-10-18)25-4-2/h5-13,15H,3-4H2,1-2H3. The van der Waals surface area contributed by atoms with E-state index < -0.39 is 0 Å². The summed E-state index contributed by atoms with van der Waals surface area (Å²) in [6.07, 6.45) is 2.90. The average molecular weight is 360 g/mol. The monoisotopic (exact) mass is 360 g/mol. The van der Waals surface area contributed by atoms with Gasteiger partial charge >= 0.3 is 0 Å². The minimum atomic E-state index is 0.580. The van der Waals surface area contributed by atoms with Crippen molar-refractivity contribution in [2.45, 2.75) is 20.3 Å². The van der Waals surface area contributed by atoms with E-state index in [0.29, 0.717) is 12.2 Å². The van der Waals surface area contributed by atoms with Gasteiger partial charge in [0.25, 0.3) is 0 Å². The highest BCUT2D eigenvalue weighted by Gasteiger charge is 2.09. The van der Waals surface area contributed by atoms with Gasteiger partial charge in [-0.05, 0) is 54.8 Å². The Kier molecular flexibility index (Phi) is 5.83. The van der Waals surface area contributed by atoms with E-state index in [0.717, 1.165) is 34.0 Å². The van der Waals surface area contributed by atoms with Crippen molar-refractivity contribution < 1.29 is 4.74 Å². The molecule has 0 spiro atoms. The zero-order chi connectivity index (χ0) is 18.4. The summed E-state index contributed by atoms with van der Waals surface area (Å²) in [6.45, 7) is 4.74. The molecule has 0 bridgehead atoms. The molecular weight excluding hydrogens is 340 g/mol. The summed E-state index contributed by atoms with van der Waals surface area (Å²) in [5.41, 5.74) is 4.76. The van der Waals surface area contributed by atoms with Gasteiger partial charge in [-0.1, -0.05) is 31.2 Å². The minimum absolute atomic E-state index is 0.580. The van der Waals surface area contributed by atoms with Crippen molar-refractivity contribution >= 4 is 23.0 Å². The van der Waals surface area contributed by atoms with E-state index in [2.05, 4.69) is 30.1 Å². The van der Waals surface area contributed by atoms with Gasteiger partial charge < -0.3 is 4.74 Å². The van der Waals surface area contributed by atoms with E-state index in [9.17, 15) is 5.26 Å². The maximum Gasteiger partial charge on any atom is 0.134 e. The SMILES string of the molecule is CCOc1ccc(-c2csc(C(C#N)=Cc3ccc(CC)cc3)n2)cc1. The zero-order valence-corrected chi connectivity index (χ0v) is 15.7. The normalized spacial score (nSPS) is 11.2. The summed E-state index contributed by atoms with van der Waals surface area (Å²) in [7, 11) is 0. The number of thiazole rings is 1. The van der Waals surface area contributed by atoms with Crippen LogP contribution in [0.3, 0.4) is 0 Å². The van der Waals surface area contributed by atoms with Crippen LogP contribution in [0.4, 0.5) is 0 Å². The Morgan fingerprint density at radius 3 is 2.46 bits per heavy atom. The fourth-order valence-corrected chi connectivity index (χ4v) is 3.37. The number of benzene rings is 2. The highest BCUT2D eigenvalue weighted by atomic mass is 32.1. The molecule has 3 nitrogen and oxygen atoms in total. The Balaban J connectivity index is 1.84. The van der Waals surface area contributed by atoms with Gasteiger partial charge in [-0.3, -0.25) is 0 Å². The molecule has 1 heterocycles. The first-order chi connectivity index (χ1) is 12.7. The Hall–Kier alpha value is -2.90. The highest BCUT2D eigenvalue weighted by Crippen LogP contribution is 2.28. The summed E-state index contributed by atoms with van der Waals surface area (Å²) in [5, 5.41) is 12.3. The quantitative estimate of drug-likeness (QED) is 0.519. The van der Waals surface area contributed by atoms with Crippen LogP contribution in [0.15, 0.2) is 53.9 Å². The predicted molar refractivity (Wildman–Crippen MR) is 108 cm³/mol. The van der Waals surface area contributed by atoms with Crippen LogP contribution in [0.1, 0.15) is 30.0 Å². The Bertz CT molecular complexity index is 932. The molecule has 3 aromatic rings. The number of ether oxygens (including phenoxy) is 1. The molecule has 3 rings (SSSR count). The van der Waals surface area contributed by atoms with Gasteiger partial charge in [0.1, 0.15) is 16.8 Å². The lowest BCUT2D eigenvalue weighted by atomic mass is 10.1. The first kappa shape index (κ1) is 17.9. The third-order valence-corrected chi connectivity index (χ3v) is 4.89. The average Bonchev–Trinajstić information content (AvgIpc) is 3.17. The van der Waals surface area contributed by atoms with Crippen LogP contribution in [-0.2, 0) is 6.42 Å². The van der Waals surface area contributed by atoms with Crippen LogP contribution in [0.25, 0.3) is 22.9 Å². The van der Waals surface area contributed by atoms with Gasteiger partial charge in [0, 0.05) is 10.9 Å². The molecule has 0 N–H and O–H groups in total. The summed E-state index contributed by atoms with van der Waals surface area (Å²) >= 11 is 1.49. The molecule has 0 atom stereocenters. The summed E-state index contributed by atoms with van der Waals surface area (Å²) in [5.74, 6) is 0.847. The number of nitriles is 1. The smallest absolute Gasteiger partial charge is 0.134 e. The van der Waals surface area contributed by atoms with Crippen molar-refractivity contribution in [2.75, 3.05) is 6.61 Å². The molecule has 0 aliphatic carbocycles. The fraction of sp³-hybridized carbons (Fsp3) is 0.182. The molecule has 0 saturated heterocycles. The topological polar surface area (TPSA) is 45.9 Å². The van der Waals surface area contributed by atoms with Crippen LogP contribution in [-0.4, -0.2) is 11.6 Å². The molecule has 0 aliphatic heterocycles. The lowest BCUT2D eigenvalue weighted by Gasteiger charge is -2.03. The first-order valence-electron chi connectivity index (χ1n) is 8.63. The fourth-order valence-electron chi connectivity index (χ4n) is 2.58. The van der Waals surface area contributed by atoms with E-state index in [1.165, 1.54) is 16.9 Å². The summed E-state index contributed by atoms with van der Waals surface area (Å²) < 4.78 is 5.47. The molecule has 4 heteroatoms. The first-order valence-corrected chi connectivity index (χ1v) is 9.51. The second-order valence-corrected chi connectivity index (χ2v) is 6.62. The second kappa shape index (κ2) is 8.46. The van der Waals surface area contributed by atoms with Crippen LogP contribution in [0.5, 0.6) is 5.75 Å². The molecule has 130 valence electrons. The van der Waals surface area contributed by atoms with Gasteiger partial charge in [0.2, 0.25) is 0 Å². The van der Waals surface area contributed by atoms with Crippen molar-refractivity contribution in [1.82, 2.24) is 4.98 Å². The molecule has 0 unspecified atom stereocenters. The minimum Gasteiger partial charge on any atom is -0.494 e. The zero-order valence-electron chi connectivity index (χ0n) is 14.9. The third kappa shape index (κ3) is 4.19. The van der Waals surface area contributed by atoms with E-state index in [-0.39, 0.29) is 0 Å². The van der Waals surface area contributed by atoms with Gasteiger partial charge in [0.15, 0.2) is 0 Å². The van der Waals surface area contributed by atoms with Crippen molar-refractivity contribution in [1.29, 1.82) is 5.26 Å². The number of hydrogen-bond acceptors (Lipinski definition) is 4. The van der Waals surface area contributed by atoms with Crippen molar-refractivity contribution in [3.63, 3.8) is 0 Å². The Morgan fingerprint density at radius 1 is 1.12 bits per heavy atom. The molecule has 26 heavy (non-hydrogen) atoms. The lowest BCUT2D eigenvalue weighted by Crippen LogP contribution is -1.90. The molecule has 0 radical (unpaired) electrons. The molecule has 1 aromatic heterocycles. The van der Waals surface area contributed by atoms with Gasteiger partial charge in [-0.15, -0.1) is 11.3 Å². The molecule has 0 fully saturated rings. The van der Waals surface area contributed by atoms with Crippen molar-refractivity contribution in [2.24, 2.45) is 0 Å². The van der Waals surface area contributed by atoms with Gasteiger partial charge in [-0.2, -0.15) is 5.26 Å². The molecule has 0 saturated carbocycles. The largest absolute Gasteiger partial charge is 0.494 e. The number of aryl methyl sites for hydroxylation is 1. The molecular formula is C22H20N2OS. The predicted octanol–water partition coefficient (Wildman–Crippen LogP) is 5.84. The van der Waals surface area contributed by atoms with E-state index in [1.54, 1.807) is 0 Å². The molecule has 0 aliphatic rings. The van der Waals surface area contributed by atoms with Crippen LogP contribution in [0, 0.1) is 11.3 Å². The number of aromatic nitrogens is 1. The lowest BCUT2D eigenvalue weighted by molar-refractivity contribution is 0.340.